The number of ether oxygens (including phenoxy) is 1. The zero-order valence-electron chi connectivity index (χ0n) is 13.0. The molecule has 2 N–H and O–H groups in total. The molecule has 1 aliphatic rings. The first-order valence-electron chi connectivity index (χ1n) is 6.89. The lowest BCUT2D eigenvalue weighted by molar-refractivity contribution is -0.385. The number of nitro groups is 1. The molecule has 1 amide bonds. The summed E-state index contributed by atoms with van der Waals surface area (Å²) < 4.78 is 40.5. The number of amidine groups is 1. The van der Waals surface area contributed by atoms with Crippen LogP contribution >= 0.6 is 11.8 Å². The highest BCUT2D eigenvalue weighted by atomic mass is 32.2. The number of amides is 1. The first kappa shape index (κ1) is 20.2. The number of hydrogen-bond acceptors (Lipinski definition) is 8. The maximum absolute atomic E-state index is 12.3. The second kappa shape index (κ2) is 8.03. The SMILES string of the molecule is O=C(O)CC1SC(=NN=Cc2cc(OC(F)(F)F)ccc2[N+](=O)[O-])NC1=O. The third-order valence-electron chi connectivity index (χ3n) is 2.91. The van der Waals surface area contributed by atoms with Crippen molar-refractivity contribution in [2.75, 3.05) is 0 Å². The number of aliphatic carboxylic acids is 1. The van der Waals surface area contributed by atoms with Crippen molar-refractivity contribution in [2.45, 2.75) is 18.0 Å². The number of alkyl halides is 3. The topological polar surface area (TPSA) is 143 Å². The lowest BCUT2D eigenvalue weighted by Gasteiger charge is -2.09. The summed E-state index contributed by atoms with van der Waals surface area (Å²) in [6.45, 7) is 0. The van der Waals surface area contributed by atoms with Gasteiger partial charge in [-0.3, -0.25) is 19.7 Å². The molecule has 2 rings (SSSR count). The number of carbonyl (C=O) groups excluding carboxylic acids is 1. The molecular weight excluding hydrogens is 397 g/mol. The molecule has 0 aromatic heterocycles. The van der Waals surface area contributed by atoms with Crippen LogP contribution in [0.4, 0.5) is 18.9 Å². The van der Waals surface area contributed by atoms with Crippen molar-refractivity contribution in [3.05, 3.63) is 33.9 Å². The van der Waals surface area contributed by atoms with Gasteiger partial charge < -0.3 is 15.2 Å². The molecule has 144 valence electrons. The van der Waals surface area contributed by atoms with Crippen LogP contribution in [0.1, 0.15) is 12.0 Å². The quantitative estimate of drug-likeness (QED) is 0.417. The second-order valence-electron chi connectivity index (χ2n) is 4.87. The number of carbonyl (C=O) groups is 2. The Morgan fingerprint density at radius 1 is 1.48 bits per heavy atom. The maximum Gasteiger partial charge on any atom is 0.573 e. The van der Waals surface area contributed by atoms with Crippen molar-refractivity contribution in [3.63, 3.8) is 0 Å². The van der Waals surface area contributed by atoms with Gasteiger partial charge in [-0.2, -0.15) is 5.10 Å². The van der Waals surface area contributed by atoms with Crippen molar-refractivity contribution < 1.29 is 37.5 Å². The summed E-state index contributed by atoms with van der Waals surface area (Å²) in [5.74, 6) is -2.47. The predicted molar refractivity (Wildman–Crippen MR) is 86.6 cm³/mol. The fourth-order valence-electron chi connectivity index (χ4n) is 1.89. The summed E-state index contributed by atoms with van der Waals surface area (Å²) in [5.41, 5.74) is -0.858. The van der Waals surface area contributed by atoms with Gasteiger partial charge in [-0.15, -0.1) is 18.3 Å². The minimum Gasteiger partial charge on any atom is -0.481 e. The normalized spacial score (nSPS) is 18.7. The van der Waals surface area contributed by atoms with Crippen LogP contribution in [0.25, 0.3) is 0 Å². The van der Waals surface area contributed by atoms with Crippen LogP contribution in [0, 0.1) is 10.1 Å². The largest absolute Gasteiger partial charge is 0.573 e. The van der Waals surface area contributed by atoms with Gasteiger partial charge in [-0.05, 0) is 12.1 Å². The molecule has 1 saturated heterocycles. The number of thioether (sulfide) groups is 1. The van der Waals surface area contributed by atoms with E-state index in [2.05, 4.69) is 20.3 Å². The van der Waals surface area contributed by atoms with Gasteiger partial charge >= 0.3 is 12.3 Å². The first-order chi connectivity index (χ1) is 12.5. The molecule has 27 heavy (non-hydrogen) atoms. The standard InChI is InChI=1S/C13H9F3N4O6S/c14-13(15,16)26-7-1-2-8(20(24)25)6(3-7)5-17-19-12-18-11(23)9(27-12)4-10(21)22/h1-3,5,9H,4H2,(H,21,22)(H,18,19,23). The molecule has 1 aromatic rings. The molecule has 0 spiro atoms. The van der Waals surface area contributed by atoms with Crippen LogP contribution in [0.2, 0.25) is 0 Å². The fraction of sp³-hybridized carbons (Fsp3) is 0.231. The van der Waals surface area contributed by atoms with Crippen molar-refractivity contribution in [1.29, 1.82) is 0 Å². The average molecular weight is 406 g/mol. The number of nitrogens with one attached hydrogen (secondary N) is 1. The van der Waals surface area contributed by atoms with Gasteiger partial charge in [-0.1, -0.05) is 11.8 Å². The summed E-state index contributed by atoms with van der Waals surface area (Å²) in [6, 6.07) is 2.34. The number of carboxylic acids is 1. The van der Waals surface area contributed by atoms with E-state index in [1.807, 2.05) is 0 Å². The summed E-state index contributed by atoms with van der Waals surface area (Å²) in [6.07, 6.45) is -4.61. The Hall–Kier alpha value is -3.16. The minimum atomic E-state index is -4.98. The molecule has 1 aliphatic heterocycles. The third-order valence-corrected chi connectivity index (χ3v) is 3.98. The lowest BCUT2D eigenvalue weighted by atomic mass is 10.2. The molecule has 0 saturated carbocycles. The predicted octanol–water partition coefficient (Wildman–Crippen LogP) is 1.89. The maximum atomic E-state index is 12.3. The Kier molecular flexibility index (Phi) is 5.99. The van der Waals surface area contributed by atoms with Crippen LogP contribution in [0.3, 0.4) is 0 Å². The van der Waals surface area contributed by atoms with Gasteiger partial charge in [0.1, 0.15) is 11.0 Å². The van der Waals surface area contributed by atoms with E-state index in [1.165, 1.54) is 0 Å². The van der Waals surface area contributed by atoms with Gasteiger partial charge in [0.05, 0.1) is 23.1 Å². The summed E-state index contributed by atoms with van der Waals surface area (Å²) in [7, 11) is 0. The van der Waals surface area contributed by atoms with Crippen molar-refractivity contribution in [2.24, 2.45) is 10.2 Å². The molecule has 0 bridgehead atoms. The van der Waals surface area contributed by atoms with Crippen LogP contribution < -0.4 is 10.1 Å². The summed E-state index contributed by atoms with van der Waals surface area (Å²) >= 11 is 0.791. The Morgan fingerprint density at radius 3 is 2.78 bits per heavy atom. The Morgan fingerprint density at radius 2 is 2.19 bits per heavy atom. The Labute approximate surface area is 152 Å². The molecule has 1 fully saturated rings. The zero-order valence-corrected chi connectivity index (χ0v) is 13.8. The zero-order chi connectivity index (χ0) is 20.2. The highest BCUT2D eigenvalue weighted by Crippen LogP contribution is 2.28. The summed E-state index contributed by atoms with van der Waals surface area (Å²) in [4.78, 5) is 32.3. The van der Waals surface area contributed by atoms with E-state index in [4.69, 9.17) is 5.11 Å². The number of rotatable bonds is 6. The van der Waals surface area contributed by atoms with E-state index >= 15 is 0 Å². The van der Waals surface area contributed by atoms with Gasteiger partial charge in [0.15, 0.2) is 5.17 Å². The minimum absolute atomic E-state index is 0.0483. The molecule has 1 atom stereocenters. The molecular formula is C13H9F3N4O6S. The molecule has 10 nitrogen and oxygen atoms in total. The van der Waals surface area contributed by atoms with E-state index in [9.17, 15) is 32.9 Å². The summed E-state index contributed by atoms with van der Waals surface area (Å²) in [5, 5.41) is 28.0. The van der Waals surface area contributed by atoms with E-state index in [1.54, 1.807) is 0 Å². The van der Waals surface area contributed by atoms with Crippen molar-refractivity contribution in [3.8, 4) is 5.75 Å². The Balaban J connectivity index is 2.20. The van der Waals surface area contributed by atoms with Gasteiger partial charge in [0.25, 0.3) is 5.69 Å². The fourth-order valence-corrected chi connectivity index (χ4v) is 2.80. The molecule has 0 radical (unpaired) electrons. The van der Waals surface area contributed by atoms with E-state index in [0.717, 1.165) is 36.2 Å². The highest BCUT2D eigenvalue weighted by molar-refractivity contribution is 8.15. The van der Waals surface area contributed by atoms with Crippen LogP contribution in [-0.2, 0) is 9.59 Å². The van der Waals surface area contributed by atoms with Gasteiger partial charge in [0.2, 0.25) is 5.91 Å². The van der Waals surface area contributed by atoms with E-state index in [-0.39, 0.29) is 10.7 Å². The third kappa shape index (κ3) is 5.95. The monoisotopic (exact) mass is 406 g/mol. The van der Waals surface area contributed by atoms with Crippen LogP contribution in [-0.4, -0.2) is 44.9 Å². The lowest BCUT2D eigenvalue weighted by Crippen LogP contribution is -2.26. The molecule has 14 heteroatoms. The molecule has 1 aromatic carbocycles. The van der Waals surface area contributed by atoms with Gasteiger partial charge in [0, 0.05) is 6.07 Å². The molecule has 1 unspecified atom stereocenters. The van der Waals surface area contributed by atoms with Crippen molar-refractivity contribution >= 4 is 40.7 Å². The highest BCUT2D eigenvalue weighted by Gasteiger charge is 2.33. The van der Waals surface area contributed by atoms with Crippen LogP contribution in [0.5, 0.6) is 5.75 Å². The smallest absolute Gasteiger partial charge is 0.481 e. The molecule has 1 heterocycles. The van der Waals surface area contributed by atoms with Gasteiger partial charge in [-0.25, -0.2) is 0 Å². The van der Waals surface area contributed by atoms with E-state index < -0.39 is 46.3 Å². The first-order valence-corrected chi connectivity index (χ1v) is 7.77. The number of nitro benzene ring substituents is 1. The number of carboxylic acid groups (broad SMARTS) is 1. The number of nitrogens with zero attached hydrogens (tertiary/aromatic N) is 3. The van der Waals surface area contributed by atoms with E-state index in [0.29, 0.717) is 0 Å². The van der Waals surface area contributed by atoms with Crippen LogP contribution in [0.15, 0.2) is 28.4 Å². The number of benzene rings is 1. The molecule has 0 aliphatic carbocycles. The number of halogens is 3. The number of hydrogen-bond donors (Lipinski definition) is 2. The average Bonchev–Trinajstić information content (AvgIpc) is 2.84. The van der Waals surface area contributed by atoms with Crippen molar-refractivity contribution in [1.82, 2.24) is 5.32 Å². The Bertz CT molecular complexity index is 842. The second-order valence-corrected chi connectivity index (χ2v) is 6.06.